The Kier molecular flexibility index (Phi) is 3.19. The summed E-state index contributed by atoms with van der Waals surface area (Å²) in [6.07, 6.45) is 0. The summed E-state index contributed by atoms with van der Waals surface area (Å²) < 4.78 is 2.18. The minimum atomic E-state index is 1.08. The van der Waals surface area contributed by atoms with E-state index in [0.29, 0.717) is 0 Å². The molecule has 5 rings (SSSR count). The lowest BCUT2D eigenvalue weighted by Gasteiger charge is -2.15. The molecule has 0 aliphatic rings. The highest BCUT2D eigenvalue weighted by Gasteiger charge is 2.13. The molecule has 0 atom stereocenters. The molecule has 5 aromatic carbocycles. The van der Waals surface area contributed by atoms with Crippen LogP contribution in [0.3, 0.4) is 0 Å². The van der Waals surface area contributed by atoms with Crippen LogP contribution in [0.25, 0.3) is 43.4 Å². The molecule has 0 bridgehead atoms. The fourth-order valence-electron chi connectivity index (χ4n) is 3.68. The summed E-state index contributed by atoms with van der Waals surface area (Å²) in [5.41, 5.74) is 2.48. The van der Waals surface area contributed by atoms with Crippen LogP contribution in [-0.4, -0.2) is 0 Å². The van der Waals surface area contributed by atoms with E-state index in [4.69, 9.17) is 0 Å². The Morgan fingerprint density at radius 1 is 0.542 bits per heavy atom. The summed E-state index contributed by atoms with van der Waals surface area (Å²) in [5, 5.41) is 7.93. The van der Waals surface area contributed by atoms with Gasteiger partial charge in [-0.05, 0) is 55.6 Å². The lowest BCUT2D eigenvalue weighted by atomic mass is 9.90. The van der Waals surface area contributed by atoms with Gasteiger partial charge < -0.3 is 0 Å². The Morgan fingerprint density at radius 2 is 1.17 bits per heavy atom. The van der Waals surface area contributed by atoms with Crippen LogP contribution in [0.2, 0.25) is 0 Å². The molecular weight excluding hydrogens is 424 g/mol. The van der Waals surface area contributed by atoms with Gasteiger partial charge in [-0.25, -0.2) is 0 Å². The van der Waals surface area contributed by atoms with Crippen molar-refractivity contribution >= 4 is 64.2 Å². The molecule has 2 heteroatoms. The molecule has 0 saturated heterocycles. The highest BCUT2D eigenvalue weighted by molar-refractivity contribution is 9.11. The zero-order valence-corrected chi connectivity index (χ0v) is 15.9. The molecule has 0 unspecified atom stereocenters. The van der Waals surface area contributed by atoms with Gasteiger partial charge in [0.25, 0.3) is 0 Å². The van der Waals surface area contributed by atoms with Crippen LogP contribution in [0.5, 0.6) is 0 Å². The molecule has 0 radical (unpaired) electrons. The number of hydrogen-bond donors (Lipinski definition) is 0. The molecule has 24 heavy (non-hydrogen) atoms. The van der Waals surface area contributed by atoms with Crippen LogP contribution in [0.15, 0.2) is 81.7 Å². The molecule has 5 aromatic rings. The highest BCUT2D eigenvalue weighted by Crippen LogP contribution is 2.41. The second-order valence-corrected chi connectivity index (χ2v) is 7.86. The van der Waals surface area contributed by atoms with Gasteiger partial charge in [-0.2, -0.15) is 0 Å². The number of benzene rings is 5. The van der Waals surface area contributed by atoms with Gasteiger partial charge in [-0.3, -0.25) is 0 Å². The van der Waals surface area contributed by atoms with E-state index in [-0.39, 0.29) is 0 Å². The van der Waals surface area contributed by atoms with Gasteiger partial charge in [0.1, 0.15) is 0 Å². The highest BCUT2D eigenvalue weighted by atomic mass is 79.9. The van der Waals surface area contributed by atoms with E-state index in [0.717, 1.165) is 8.95 Å². The van der Waals surface area contributed by atoms with Crippen molar-refractivity contribution in [3.05, 3.63) is 81.7 Å². The third-order valence-corrected chi connectivity index (χ3v) is 5.90. The van der Waals surface area contributed by atoms with Crippen molar-refractivity contribution in [2.24, 2.45) is 0 Å². The Morgan fingerprint density at radius 3 is 1.92 bits per heavy atom. The van der Waals surface area contributed by atoms with Crippen molar-refractivity contribution in [2.75, 3.05) is 0 Å². The van der Waals surface area contributed by atoms with Crippen molar-refractivity contribution in [3.63, 3.8) is 0 Å². The maximum absolute atomic E-state index is 3.72. The lowest BCUT2D eigenvalue weighted by Crippen LogP contribution is -1.87. The molecule has 0 spiro atoms. The second kappa shape index (κ2) is 5.30. The van der Waals surface area contributed by atoms with Crippen LogP contribution in [0.4, 0.5) is 0 Å². The Balaban J connectivity index is 1.97. The molecule has 0 aliphatic heterocycles. The van der Waals surface area contributed by atoms with Gasteiger partial charge in [-0.1, -0.05) is 92.5 Å². The largest absolute Gasteiger partial charge is 0.0610 e. The van der Waals surface area contributed by atoms with E-state index < -0.39 is 0 Å². The fourth-order valence-corrected chi connectivity index (χ4v) is 4.94. The number of hydrogen-bond acceptors (Lipinski definition) is 0. The fraction of sp³-hybridized carbons (Fsp3) is 0. The topological polar surface area (TPSA) is 0 Å². The molecular formula is C22H12Br2. The molecule has 0 aliphatic carbocycles. The van der Waals surface area contributed by atoms with Crippen LogP contribution in [-0.2, 0) is 0 Å². The number of halogens is 2. The van der Waals surface area contributed by atoms with Crippen molar-refractivity contribution in [1.29, 1.82) is 0 Å². The zero-order chi connectivity index (χ0) is 16.3. The van der Waals surface area contributed by atoms with Crippen LogP contribution < -0.4 is 0 Å². The molecule has 0 N–H and O–H groups in total. The van der Waals surface area contributed by atoms with Gasteiger partial charge in [0, 0.05) is 8.95 Å². The van der Waals surface area contributed by atoms with Crippen LogP contribution >= 0.6 is 31.9 Å². The monoisotopic (exact) mass is 434 g/mol. The summed E-state index contributed by atoms with van der Waals surface area (Å²) in [5.74, 6) is 0. The first-order valence-corrected chi connectivity index (χ1v) is 9.43. The Labute approximate surface area is 156 Å². The summed E-state index contributed by atoms with van der Waals surface area (Å²) >= 11 is 7.26. The summed E-state index contributed by atoms with van der Waals surface area (Å²) in [7, 11) is 0. The van der Waals surface area contributed by atoms with Crippen molar-refractivity contribution < 1.29 is 0 Å². The third-order valence-electron chi connectivity index (χ3n) is 4.75. The third kappa shape index (κ3) is 2.03. The quantitative estimate of drug-likeness (QED) is 0.236. The van der Waals surface area contributed by atoms with E-state index in [1.807, 2.05) is 0 Å². The standard InChI is InChI=1S/C22H12Br2/c23-16-8-11-18(20(24)12-16)17-9-6-15-5-4-13-2-1-3-14-7-10-19(17)22(15)21(13)14/h1-12H. The van der Waals surface area contributed by atoms with Gasteiger partial charge in [0.15, 0.2) is 0 Å². The summed E-state index contributed by atoms with van der Waals surface area (Å²) in [6.45, 7) is 0. The van der Waals surface area contributed by atoms with Crippen LogP contribution in [0, 0.1) is 0 Å². The van der Waals surface area contributed by atoms with Gasteiger partial charge >= 0.3 is 0 Å². The van der Waals surface area contributed by atoms with Crippen molar-refractivity contribution in [2.45, 2.75) is 0 Å². The van der Waals surface area contributed by atoms with Crippen molar-refractivity contribution in [1.82, 2.24) is 0 Å². The Hall–Kier alpha value is -1.90. The molecule has 0 saturated carbocycles. The smallest absolute Gasteiger partial charge is 0.0265 e. The van der Waals surface area contributed by atoms with Crippen LogP contribution in [0.1, 0.15) is 0 Å². The lowest BCUT2D eigenvalue weighted by molar-refractivity contribution is 1.58. The normalized spacial score (nSPS) is 11.8. The maximum Gasteiger partial charge on any atom is 0.0265 e. The first-order valence-electron chi connectivity index (χ1n) is 7.84. The minimum Gasteiger partial charge on any atom is -0.0610 e. The first-order chi connectivity index (χ1) is 11.7. The minimum absolute atomic E-state index is 1.08. The second-order valence-electron chi connectivity index (χ2n) is 6.09. The molecule has 0 heterocycles. The average molecular weight is 436 g/mol. The van der Waals surface area contributed by atoms with Gasteiger partial charge in [0.05, 0.1) is 0 Å². The summed E-state index contributed by atoms with van der Waals surface area (Å²) in [6, 6.07) is 26.3. The van der Waals surface area contributed by atoms with E-state index in [9.17, 15) is 0 Å². The first kappa shape index (κ1) is 14.4. The van der Waals surface area contributed by atoms with Gasteiger partial charge in [-0.15, -0.1) is 0 Å². The molecule has 114 valence electrons. The summed E-state index contributed by atoms with van der Waals surface area (Å²) in [4.78, 5) is 0. The molecule has 0 aromatic heterocycles. The van der Waals surface area contributed by atoms with E-state index in [2.05, 4.69) is 105 Å². The maximum atomic E-state index is 3.72. The van der Waals surface area contributed by atoms with E-state index >= 15 is 0 Å². The molecule has 0 amide bonds. The molecule has 0 nitrogen and oxygen atoms in total. The Bertz CT molecular complexity index is 1210. The average Bonchev–Trinajstić information content (AvgIpc) is 2.60. The number of rotatable bonds is 1. The van der Waals surface area contributed by atoms with E-state index in [1.54, 1.807) is 0 Å². The predicted molar refractivity (Wildman–Crippen MR) is 111 cm³/mol. The predicted octanol–water partition coefficient (Wildman–Crippen LogP) is 7.78. The molecule has 0 fully saturated rings. The zero-order valence-electron chi connectivity index (χ0n) is 12.7. The SMILES string of the molecule is Brc1ccc(-c2ccc3ccc4cccc5ccc2c3c45)c(Br)c1. The van der Waals surface area contributed by atoms with Gasteiger partial charge in [0.2, 0.25) is 0 Å². The van der Waals surface area contributed by atoms with E-state index in [1.165, 1.54) is 43.4 Å². The van der Waals surface area contributed by atoms with Crippen molar-refractivity contribution in [3.8, 4) is 11.1 Å².